The number of aliphatic imine (C=N–C) groups is 1. The Morgan fingerprint density at radius 2 is 1.77 bits per heavy atom. The zero-order valence-electron chi connectivity index (χ0n) is 12.8. The molecule has 1 aliphatic rings. The fourth-order valence-corrected chi connectivity index (χ4v) is 2.44. The Kier molecular flexibility index (Phi) is 4.59. The van der Waals surface area contributed by atoms with Crippen LogP contribution in [0.15, 0.2) is 59.6 Å². The number of ether oxygens (including phenoxy) is 1. The molecule has 0 saturated heterocycles. The van der Waals surface area contributed by atoms with Gasteiger partial charge in [-0.1, -0.05) is 30.3 Å². The maximum atomic E-state index is 5.79. The molecule has 0 amide bonds. The molecule has 1 aliphatic heterocycles. The Labute approximate surface area is 131 Å². The number of likely N-dealkylation sites (N-methyl/N-ethyl adjacent to an activating group) is 1. The van der Waals surface area contributed by atoms with Gasteiger partial charge in [-0.2, -0.15) is 0 Å². The van der Waals surface area contributed by atoms with E-state index in [4.69, 9.17) is 4.74 Å². The van der Waals surface area contributed by atoms with E-state index in [2.05, 4.69) is 34.3 Å². The molecule has 0 aliphatic carbocycles. The standard InChI is InChI=1S/C18H21N3O/c1-2-21-13-12-19-18(21)20-14-15-8-10-17(11-9-15)22-16-6-4-3-5-7-16/h3-11H,2,12-14H2,1H3,(H,19,20). The SMILES string of the molecule is CCN1CCN=C1NCc1ccc(Oc2ccccc2)cc1. The van der Waals surface area contributed by atoms with E-state index in [-0.39, 0.29) is 0 Å². The summed E-state index contributed by atoms with van der Waals surface area (Å²) >= 11 is 0. The van der Waals surface area contributed by atoms with Crippen molar-refractivity contribution in [3.8, 4) is 11.5 Å². The molecule has 2 aromatic carbocycles. The normalized spacial score (nSPS) is 13.9. The van der Waals surface area contributed by atoms with Gasteiger partial charge in [0.2, 0.25) is 0 Å². The maximum Gasteiger partial charge on any atom is 0.194 e. The largest absolute Gasteiger partial charge is 0.457 e. The van der Waals surface area contributed by atoms with Crippen LogP contribution in [0.2, 0.25) is 0 Å². The highest BCUT2D eigenvalue weighted by molar-refractivity contribution is 5.81. The second-order valence-electron chi connectivity index (χ2n) is 5.20. The van der Waals surface area contributed by atoms with E-state index in [0.29, 0.717) is 0 Å². The van der Waals surface area contributed by atoms with Crippen LogP contribution in [0.1, 0.15) is 12.5 Å². The number of rotatable bonds is 5. The Morgan fingerprint density at radius 1 is 1.05 bits per heavy atom. The highest BCUT2D eigenvalue weighted by Gasteiger charge is 2.13. The second-order valence-corrected chi connectivity index (χ2v) is 5.20. The minimum absolute atomic E-state index is 0.779. The fourth-order valence-electron chi connectivity index (χ4n) is 2.44. The Balaban J connectivity index is 1.55. The van der Waals surface area contributed by atoms with Crippen LogP contribution < -0.4 is 10.1 Å². The average molecular weight is 295 g/mol. The average Bonchev–Trinajstić information content (AvgIpc) is 3.03. The summed E-state index contributed by atoms with van der Waals surface area (Å²) in [6, 6.07) is 18.0. The van der Waals surface area contributed by atoms with Crippen molar-refractivity contribution in [2.45, 2.75) is 13.5 Å². The molecule has 114 valence electrons. The third-order valence-corrected chi connectivity index (χ3v) is 3.67. The molecule has 0 bridgehead atoms. The lowest BCUT2D eigenvalue weighted by Gasteiger charge is -2.18. The van der Waals surface area contributed by atoms with E-state index in [0.717, 1.165) is 43.6 Å². The molecule has 2 aromatic rings. The van der Waals surface area contributed by atoms with Crippen LogP contribution in [-0.2, 0) is 6.54 Å². The lowest BCUT2D eigenvalue weighted by atomic mass is 10.2. The van der Waals surface area contributed by atoms with Gasteiger partial charge in [-0.3, -0.25) is 4.99 Å². The lowest BCUT2D eigenvalue weighted by molar-refractivity contribution is 0.466. The van der Waals surface area contributed by atoms with Gasteiger partial charge in [-0.15, -0.1) is 0 Å². The van der Waals surface area contributed by atoms with E-state index in [1.807, 2.05) is 42.5 Å². The van der Waals surface area contributed by atoms with Gasteiger partial charge in [0, 0.05) is 19.6 Å². The predicted octanol–water partition coefficient (Wildman–Crippen LogP) is 3.26. The van der Waals surface area contributed by atoms with E-state index in [1.54, 1.807) is 0 Å². The summed E-state index contributed by atoms with van der Waals surface area (Å²) in [5, 5.41) is 3.40. The van der Waals surface area contributed by atoms with Crippen molar-refractivity contribution in [3.63, 3.8) is 0 Å². The Hall–Kier alpha value is -2.49. The molecule has 0 unspecified atom stereocenters. The van der Waals surface area contributed by atoms with Gasteiger partial charge in [0.25, 0.3) is 0 Å². The van der Waals surface area contributed by atoms with Crippen LogP contribution in [0.3, 0.4) is 0 Å². The molecular formula is C18H21N3O. The molecule has 0 atom stereocenters. The van der Waals surface area contributed by atoms with E-state index in [9.17, 15) is 0 Å². The smallest absolute Gasteiger partial charge is 0.194 e. The van der Waals surface area contributed by atoms with Crippen LogP contribution in [-0.4, -0.2) is 30.5 Å². The van der Waals surface area contributed by atoms with Gasteiger partial charge >= 0.3 is 0 Å². The Morgan fingerprint density at radius 3 is 2.50 bits per heavy atom. The molecule has 4 nitrogen and oxygen atoms in total. The summed E-state index contributed by atoms with van der Waals surface area (Å²) in [6.45, 7) is 5.83. The number of guanidine groups is 1. The number of hydrogen-bond donors (Lipinski definition) is 1. The molecule has 1 heterocycles. The highest BCUT2D eigenvalue weighted by atomic mass is 16.5. The number of para-hydroxylation sites is 1. The zero-order chi connectivity index (χ0) is 15.2. The first-order chi connectivity index (χ1) is 10.8. The van der Waals surface area contributed by atoms with Crippen molar-refractivity contribution < 1.29 is 4.74 Å². The fraction of sp³-hybridized carbons (Fsp3) is 0.278. The number of nitrogens with one attached hydrogen (secondary N) is 1. The molecule has 4 heteroatoms. The van der Waals surface area contributed by atoms with Crippen molar-refractivity contribution in [3.05, 3.63) is 60.2 Å². The minimum Gasteiger partial charge on any atom is -0.457 e. The molecule has 1 N–H and O–H groups in total. The topological polar surface area (TPSA) is 36.9 Å². The first kappa shape index (κ1) is 14.4. The molecule has 0 fully saturated rings. The number of hydrogen-bond acceptors (Lipinski definition) is 4. The minimum atomic E-state index is 0.779. The monoisotopic (exact) mass is 295 g/mol. The summed E-state index contributed by atoms with van der Waals surface area (Å²) < 4.78 is 5.79. The molecule has 0 spiro atoms. The van der Waals surface area contributed by atoms with Gasteiger partial charge in [-0.25, -0.2) is 0 Å². The summed E-state index contributed by atoms with van der Waals surface area (Å²) in [5.74, 6) is 2.71. The zero-order valence-corrected chi connectivity index (χ0v) is 12.8. The number of benzene rings is 2. The van der Waals surface area contributed by atoms with Crippen molar-refractivity contribution >= 4 is 5.96 Å². The third kappa shape index (κ3) is 3.58. The van der Waals surface area contributed by atoms with Crippen LogP contribution in [0.4, 0.5) is 0 Å². The predicted molar refractivity (Wildman–Crippen MR) is 89.3 cm³/mol. The third-order valence-electron chi connectivity index (χ3n) is 3.67. The van der Waals surface area contributed by atoms with Crippen molar-refractivity contribution in [1.29, 1.82) is 0 Å². The first-order valence-electron chi connectivity index (χ1n) is 7.70. The van der Waals surface area contributed by atoms with Gasteiger partial charge in [0.15, 0.2) is 5.96 Å². The van der Waals surface area contributed by atoms with Crippen molar-refractivity contribution in [2.24, 2.45) is 4.99 Å². The van der Waals surface area contributed by atoms with Crippen LogP contribution in [0.25, 0.3) is 0 Å². The summed E-state index contributed by atoms with van der Waals surface area (Å²) in [7, 11) is 0. The van der Waals surface area contributed by atoms with Crippen LogP contribution in [0, 0.1) is 0 Å². The van der Waals surface area contributed by atoms with E-state index in [1.165, 1.54) is 5.56 Å². The molecule has 0 radical (unpaired) electrons. The molecule has 3 rings (SSSR count). The van der Waals surface area contributed by atoms with Crippen molar-refractivity contribution in [2.75, 3.05) is 19.6 Å². The van der Waals surface area contributed by atoms with E-state index < -0.39 is 0 Å². The maximum absolute atomic E-state index is 5.79. The summed E-state index contributed by atoms with van der Waals surface area (Å²) in [4.78, 5) is 6.74. The number of nitrogens with zero attached hydrogens (tertiary/aromatic N) is 2. The quantitative estimate of drug-likeness (QED) is 0.920. The highest BCUT2D eigenvalue weighted by Crippen LogP contribution is 2.21. The molecule has 0 saturated carbocycles. The Bertz CT molecular complexity index is 623. The van der Waals surface area contributed by atoms with Gasteiger partial charge in [0.1, 0.15) is 11.5 Å². The van der Waals surface area contributed by atoms with Crippen LogP contribution in [0.5, 0.6) is 11.5 Å². The molecular weight excluding hydrogens is 274 g/mol. The molecule has 0 aromatic heterocycles. The lowest BCUT2D eigenvalue weighted by Crippen LogP contribution is -2.37. The summed E-state index contributed by atoms with van der Waals surface area (Å²) in [6.07, 6.45) is 0. The first-order valence-corrected chi connectivity index (χ1v) is 7.70. The van der Waals surface area contributed by atoms with E-state index >= 15 is 0 Å². The second kappa shape index (κ2) is 6.98. The van der Waals surface area contributed by atoms with Gasteiger partial charge in [-0.05, 0) is 36.8 Å². The van der Waals surface area contributed by atoms with Gasteiger partial charge < -0.3 is 15.0 Å². The summed E-state index contributed by atoms with van der Waals surface area (Å²) in [5.41, 5.74) is 1.21. The van der Waals surface area contributed by atoms with Gasteiger partial charge in [0.05, 0.1) is 6.54 Å². The van der Waals surface area contributed by atoms with Crippen molar-refractivity contribution in [1.82, 2.24) is 10.2 Å². The molecule has 22 heavy (non-hydrogen) atoms. The van der Waals surface area contributed by atoms with Crippen LogP contribution >= 0.6 is 0 Å².